The van der Waals surface area contributed by atoms with Crippen LogP contribution >= 0.6 is 0 Å². The van der Waals surface area contributed by atoms with E-state index >= 15 is 0 Å². The lowest BCUT2D eigenvalue weighted by Crippen LogP contribution is -2.14. The number of halogens is 2. The van der Waals surface area contributed by atoms with Crippen LogP contribution in [-0.2, 0) is 10.0 Å². The van der Waals surface area contributed by atoms with Gasteiger partial charge in [0.15, 0.2) is 0 Å². The van der Waals surface area contributed by atoms with Gasteiger partial charge in [-0.1, -0.05) is 0 Å². The van der Waals surface area contributed by atoms with Gasteiger partial charge in [-0.2, -0.15) is 0 Å². The Morgan fingerprint density at radius 3 is 2.21 bits per heavy atom. The zero-order valence-corrected chi connectivity index (χ0v) is 10.4. The second kappa shape index (κ2) is 4.85. The second-order valence-corrected chi connectivity index (χ2v) is 5.45. The molecular weight excluding hydrogens is 274 g/mol. The van der Waals surface area contributed by atoms with E-state index in [2.05, 4.69) is 4.72 Å². The molecule has 0 heterocycles. The molecule has 4 nitrogen and oxygen atoms in total. The van der Waals surface area contributed by atoms with Gasteiger partial charge in [-0.25, -0.2) is 17.2 Å². The van der Waals surface area contributed by atoms with Crippen molar-refractivity contribution in [3.63, 3.8) is 0 Å². The number of benzene rings is 2. The van der Waals surface area contributed by atoms with Gasteiger partial charge in [0.1, 0.15) is 16.5 Å². The molecule has 0 spiro atoms. The molecule has 2 aromatic carbocycles. The molecule has 0 radical (unpaired) electrons. The molecule has 0 bridgehead atoms. The van der Waals surface area contributed by atoms with Gasteiger partial charge in [0.05, 0.1) is 0 Å². The summed E-state index contributed by atoms with van der Waals surface area (Å²) in [6.45, 7) is 0. The Morgan fingerprint density at radius 2 is 1.63 bits per heavy atom. The minimum absolute atomic E-state index is 0.234. The first kappa shape index (κ1) is 13.3. The topological polar surface area (TPSA) is 72.2 Å². The highest BCUT2D eigenvalue weighted by Gasteiger charge is 2.19. The molecule has 2 aromatic rings. The number of hydrogen-bond donors (Lipinski definition) is 2. The fraction of sp³-hybridized carbons (Fsp3) is 0. The van der Waals surface area contributed by atoms with Crippen molar-refractivity contribution < 1.29 is 17.2 Å². The van der Waals surface area contributed by atoms with Crippen LogP contribution in [0, 0.1) is 11.6 Å². The van der Waals surface area contributed by atoms with Crippen molar-refractivity contribution in [3.8, 4) is 0 Å². The van der Waals surface area contributed by atoms with Crippen molar-refractivity contribution in [2.75, 3.05) is 10.5 Å². The largest absolute Gasteiger partial charge is 0.399 e. The van der Waals surface area contributed by atoms with Crippen LogP contribution in [0.15, 0.2) is 47.4 Å². The molecule has 0 aliphatic rings. The van der Waals surface area contributed by atoms with Crippen molar-refractivity contribution in [2.24, 2.45) is 0 Å². The van der Waals surface area contributed by atoms with Gasteiger partial charge < -0.3 is 5.73 Å². The number of rotatable bonds is 3. The van der Waals surface area contributed by atoms with E-state index in [4.69, 9.17) is 5.73 Å². The first-order valence-corrected chi connectivity index (χ1v) is 6.70. The number of nitrogen functional groups attached to an aromatic ring is 1. The summed E-state index contributed by atoms with van der Waals surface area (Å²) in [5.41, 5.74) is 6.17. The fourth-order valence-electron chi connectivity index (χ4n) is 1.45. The van der Waals surface area contributed by atoms with Gasteiger partial charge >= 0.3 is 0 Å². The van der Waals surface area contributed by atoms with Crippen LogP contribution in [-0.4, -0.2) is 8.42 Å². The van der Waals surface area contributed by atoms with E-state index in [9.17, 15) is 17.2 Å². The van der Waals surface area contributed by atoms with Gasteiger partial charge in [0.25, 0.3) is 10.0 Å². The van der Waals surface area contributed by atoms with Crippen LogP contribution in [0.25, 0.3) is 0 Å². The summed E-state index contributed by atoms with van der Waals surface area (Å²) in [5.74, 6) is -1.99. The average Bonchev–Trinajstić information content (AvgIpc) is 2.31. The Kier molecular flexibility index (Phi) is 3.39. The maximum Gasteiger partial charge on any atom is 0.264 e. The van der Waals surface area contributed by atoms with Gasteiger partial charge in [-0.05, 0) is 36.4 Å². The van der Waals surface area contributed by atoms with E-state index in [0.29, 0.717) is 11.8 Å². The first-order valence-electron chi connectivity index (χ1n) is 5.22. The Hall–Kier alpha value is -2.15. The minimum atomic E-state index is -4.11. The highest BCUT2D eigenvalue weighted by atomic mass is 32.2. The Morgan fingerprint density at radius 1 is 1.00 bits per heavy atom. The standard InChI is InChI=1S/C12H10F2N2O2S/c13-8-1-6-12(11(14)7-8)19(17,18)16-10-4-2-9(15)3-5-10/h1-7,16H,15H2. The van der Waals surface area contributed by atoms with E-state index in [1.807, 2.05) is 0 Å². The van der Waals surface area contributed by atoms with Gasteiger partial charge in [0, 0.05) is 17.4 Å². The molecule has 0 saturated carbocycles. The lowest BCUT2D eigenvalue weighted by molar-refractivity contribution is 0.551. The molecule has 3 N–H and O–H groups in total. The predicted octanol–water partition coefficient (Wildman–Crippen LogP) is 2.35. The Bertz CT molecular complexity index is 700. The zero-order valence-electron chi connectivity index (χ0n) is 9.60. The molecule has 0 atom stereocenters. The van der Waals surface area contributed by atoms with E-state index in [-0.39, 0.29) is 5.69 Å². The molecule has 0 aromatic heterocycles. The summed E-state index contributed by atoms with van der Waals surface area (Å²) in [4.78, 5) is -0.620. The third-order valence-electron chi connectivity index (χ3n) is 2.35. The monoisotopic (exact) mass is 284 g/mol. The number of nitrogens with one attached hydrogen (secondary N) is 1. The molecule has 0 unspecified atom stereocenters. The van der Waals surface area contributed by atoms with Crippen molar-refractivity contribution in [2.45, 2.75) is 4.90 Å². The predicted molar refractivity (Wildman–Crippen MR) is 68.0 cm³/mol. The number of nitrogens with two attached hydrogens (primary N) is 1. The van der Waals surface area contributed by atoms with Crippen LogP contribution in [0.1, 0.15) is 0 Å². The SMILES string of the molecule is Nc1ccc(NS(=O)(=O)c2ccc(F)cc2F)cc1. The highest BCUT2D eigenvalue weighted by Crippen LogP contribution is 2.20. The van der Waals surface area contributed by atoms with E-state index in [1.165, 1.54) is 24.3 Å². The van der Waals surface area contributed by atoms with Crippen LogP contribution in [0.5, 0.6) is 0 Å². The molecular formula is C12H10F2N2O2S. The molecule has 19 heavy (non-hydrogen) atoms. The summed E-state index contributed by atoms with van der Waals surface area (Å²) in [6.07, 6.45) is 0. The summed E-state index contributed by atoms with van der Waals surface area (Å²) < 4.78 is 52.2. The van der Waals surface area contributed by atoms with Gasteiger partial charge in [-0.3, -0.25) is 4.72 Å². The van der Waals surface area contributed by atoms with E-state index in [0.717, 1.165) is 12.1 Å². The lowest BCUT2D eigenvalue weighted by Gasteiger charge is -2.09. The van der Waals surface area contributed by atoms with Crippen molar-refractivity contribution in [1.29, 1.82) is 0 Å². The third kappa shape index (κ3) is 3.00. The summed E-state index contributed by atoms with van der Waals surface area (Å²) in [7, 11) is -4.11. The molecule has 100 valence electrons. The molecule has 0 amide bonds. The van der Waals surface area contributed by atoms with Gasteiger partial charge in [0.2, 0.25) is 0 Å². The molecule has 2 rings (SSSR count). The molecule has 0 saturated heterocycles. The van der Waals surface area contributed by atoms with Crippen LogP contribution in [0.3, 0.4) is 0 Å². The lowest BCUT2D eigenvalue weighted by atomic mass is 10.3. The Balaban J connectivity index is 2.35. The summed E-state index contributed by atoms with van der Waals surface area (Å²) >= 11 is 0. The summed E-state index contributed by atoms with van der Waals surface area (Å²) in [6, 6.07) is 8.13. The quantitative estimate of drug-likeness (QED) is 0.850. The summed E-state index contributed by atoms with van der Waals surface area (Å²) in [5, 5.41) is 0. The van der Waals surface area contributed by atoms with Crippen LogP contribution < -0.4 is 10.5 Å². The van der Waals surface area contributed by atoms with Crippen molar-refractivity contribution >= 4 is 21.4 Å². The second-order valence-electron chi connectivity index (χ2n) is 3.80. The zero-order chi connectivity index (χ0) is 14.0. The molecule has 7 heteroatoms. The van der Waals surface area contributed by atoms with Crippen molar-refractivity contribution in [3.05, 3.63) is 54.1 Å². The van der Waals surface area contributed by atoms with E-state index in [1.54, 1.807) is 0 Å². The molecule has 0 aliphatic carbocycles. The average molecular weight is 284 g/mol. The first-order chi connectivity index (χ1) is 8.88. The number of anilines is 2. The highest BCUT2D eigenvalue weighted by molar-refractivity contribution is 7.92. The number of hydrogen-bond acceptors (Lipinski definition) is 3. The Labute approximate surface area is 108 Å². The third-order valence-corrected chi connectivity index (χ3v) is 3.76. The maximum atomic E-state index is 13.4. The van der Waals surface area contributed by atoms with Crippen LogP contribution in [0.2, 0.25) is 0 Å². The number of sulfonamides is 1. The fourth-order valence-corrected chi connectivity index (χ4v) is 2.57. The van der Waals surface area contributed by atoms with E-state index < -0.39 is 26.6 Å². The minimum Gasteiger partial charge on any atom is -0.399 e. The van der Waals surface area contributed by atoms with Crippen LogP contribution in [0.4, 0.5) is 20.2 Å². The molecule has 0 fully saturated rings. The van der Waals surface area contributed by atoms with Gasteiger partial charge in [-0.15, -0.1) is 0 Å². The normalized spacial score (nSPS) is 11.3. The van der Waals surface area contributed by atoms with Crippen molar-refractivity contribution in [1.82, 2.24) is 0 Å². The maximum absolute atomic E-state index is 13.4. The smallest absolute Gasteiger partial charge is 0.264 e. The molecule has 0 aliphatic heterocycles.